The lowest BCUT2D eigenvalue weighted by atomic mass is 10.1. The molecule has 1 aromatic rings. The average Bonchev–Trinajstić information content (AvgIpc) is 2.92. The number of nitrogen functional groups attached to an aromatic ring is 2. The van der Waals surface area contributed by atoms with Gasteiger partial charge in [-0.25, -0.2) is 4.39 Å². The van der Waals surface area contributed by atoms with E-state index >= 15 is 0 Å². The van der Waals surface area contributed by atoms with Crippen molar-refractivity contribution >= 4 is 28.7 Å². The summed E-state index contributed by atoms with van der Waals surface area (Å²) < 4.78 is 19.9. The molecule has 0 radical (unpaired) electrons. The zero-order chi connectivity index (χ0) is 15.0. The van der Waals surface area contributed by atoms with Crippen LogP contribution in [0, 0.1) is 5.82 Å². The van der Waals surface area contributed by atoms with Crippen molar-refractivity contribution in [2.24, 2.45) is 0 Å². The lowest BCUT2D eigenvalue weighted by Gasteiger charge is -2.35. The predicted octanol–water partition coefficient (Wildman–Crippen LogP) is 1.92. The fourth-order valence-electron chi connectivity index (χ4n) is 3.07. The number of ether oxygens (including phenoxy) is 1. The monoisotopic (exact) mass is 314 g/mol. The largest absolute Gasteiger partial charge is 0.397 e. The fourth-order valence-corrected chi connectivity index (χ4v) is 3.22. The van der Waals surface area contributed by atoms with Gasteiger partial charge in [0, 0.05) is 19.1 Å². The summed E-state index contributed by atoms with van der Waals surface area (Å²) in [6.07, 6.45) is 2.45. The number of nitrogens with two attached hydrogens (primary N) is 2. The summed E-state index contributed by atoms with van der Waals surface area (Å²) in [5, 5.41) is 2.91. The van der Waals surface area contributed by atoms with Gasteiger partial charge in [-0.1, -0.05) is 11.6 Å². The third-order valence-corrected chi connectivity index (χ3v) is 4.62. The summed E-state index contributed by atoms with van der Waals surface area (Å²) in [4.78, 5) is 2.44. The second-order valence-electron chi connectivity index (χ2n) is 5.69. The molecule has 2 aliphatic rings. The molecule has 0 saturated carbocycles. The summed E-state index contributed by atoms with van der Waals surface area (Å²) >= 11 is 5.81. The third-order valence-electron chi connectivity index (χ3n) is 4.23. The second kappa shape index (κ2) is 5.87. The van der Waals surface area contributed by atoms with Gasteiger partial charge >= 0.3 is 0 Å². The molecule has 7 heteroatoms. The van der Waals surface area contributed by atoms with Crippen molar-refractivity contribution in [3.05, 3.63) is 16.9 Å². The van der Waals surface area contributed by atoms with Crippen molar-refractivity contribution in [2.75, 3.05) is 43.0 Å². The number of morpholine rings is 1. The maximum Gasteiger partial charge on any atom is 0.169 e. The minimum Gasteiger partial charge on any atom is -0.397 e. The van der Waals surface area contributed by atoms with E-state index in [2.05, 4.69) is 10.2 Å². The fraction of sp³-hybridized carbons (Fsp3) is 0.571. The van der Waals surface area contributed by atoms with Crippen LogP contribution in [0.25, 0.3) is 0 Å². The number of rotatable bonds is 3. The van der Waals surface area contributed by atoms with Crippen LogP contribution in [-0.2, 0) is 4.74 Å². The zero-order valence-corrected chi connectivity index (χ0v) is 12.5. The van der Waals surface area contributed by atoms with Crippen LogP contribution >= 0.6 is 11.6 Å². The van der Waals surface area contributed by atoms with Crippen LogP contribution in [0.1, 0.15) is 12.8 Å². The zero-order valence-electron chi connectivity index (χ0n) is 11.7. The molecule has 0 aliphatic carbocycles. The first-order chi connectivity index (χ1) is 10.1. The van der Waals surface area contributed by atoms with Crippen LogP contribution in [-0.4, -0.2) is 43.3 Å². The third kappa shape index (κ3) is 2.88. The van der Waals surface area contributed by atoms with Crippen molar-refractivity contribution < 1.29 is 9.13 Å². The number of nitrogens with zero attached hydrogens (tertiary/aromatic N) is 1. The van der Waals surface area contributed by atoms with Gasteiger partial charge < -0.3 is 21.5 Å². The van der Waals surface area contributed by atoms with Gasteiger partial charge in [0.1, 0.15) is 5.02 Å². The van der Waals surface area contributed by atoms with E-state index in [0.717, 1.165) is 19.7 Å². The van der Waals surface area contributed by atoms with Crippen molar-refractivity contribution in [1.82, 2.24) is 4.90 Å². The first kappa shape index (κ1) is 14.7. The van der Waals surface area contributed by atoms with E-state index in [-0.39, 0.29) is 28.2 Å². The smallest absolute Gasteiger partial charge is 0.169 e. The first-order valence-electron chi connectivity index (χ1n) is 7.18. The quantitative estimate of drug-likeness (QED) is 0.743. The Labute approximate surface area is 128 Å². The lowest BCUT2D eigenvalue weighted by Crippen LogP contribution is -2.48. The number of nitrogens with one attached hydrogen (secondary N) is 1. The minimum absolute atomic E-state index is 0.0227. The van der Waals surface area contributed by atoms with Gasteiger partial charge in [0.2, 0.25) is 0 Å². The van der Waals surface area contributed by atoms with Crippen molar-refractivity contribution in [3.8, 4) is 0 Å². The average molecular weight is 315 g/mol. The van der Waals surface area contributed by atoms with E-state index < -0.39 is 5.82 Å². The SMILES string of the molecule is Nc1cc(N)c(NCC2CN3CCCC3CO2)c(F)c1Cl. The molecule has 2 aliphatic heterocycles. The topological polar surface area (TPSA) is 76.5 Å². The Bertz CT molecular complexity index is 542. The first-order valence-corrected chi connectivity index (χ1v) is 7.56. The molecule has 2 heterocycles. The normalized spacial score (nSPS) is 25.8. The summed E-state index contributed by atoms with van der Waals surface area (Å²) in [7, 11) is 0. The Morgan fingerprint density at radius 3 is 3.05 bits per heavy atom. The molecule has 5 N–H and O–H groups in total. The highest BCUT2D eigenvalue weighted by Crippen LogP contribution is 2.33. The highest BCUT2D eigenvalue weighted by atomic mass is 35.5. The Hall–Kier alpha value is -1.24. The molecular formula is C14H20ClFN4O. The standard InChI is InChI=1S/C14H20ClFN4O/c15-12-10(17)4-11(18)14(13(12)16)19-5-9-6-20-3-1-2-8(20)7-21-9/h4,8-9,19H,1-3,5-7,17-18H2. The van der Waals surface area contributed by atoms with Crippen LogP contribution in [0.5, 0.6) is 0 Å². The lowest BCUT2D eigenvalue weighted by molar-refractivity contribution is -0.0415. The van der Waals surface area contributed by atoms with E-state index in [1.807, 2.05) is 0 Å². The number of halogens is 2. The summed E-state index contributed by atoms with van der Waals surface area (Å²) in [5.41, 5.74) is 12.0. The van der Waals surface area contributed by atoms with Crippen molar-refractivity contribution in [1.29, 1.82) is 0 Å². The van der Waals surface area contributed by atoms with Gasteiger partial charge in [0.25, 0.3) is 0 Å². The van der Waals surface area contributed by atoms with Gasteiger partial charge in [-0.15, -0.1) is 0 Å². The molecule has 3 rings (SSSR count). The number of hydrogen-bond acceptors (Lipinski definition) is 5. The summed E-state index contributed by atoms with van der Waals surface area (Å²) in [6.45, 7) is 3.22. The van der Waals surface area contributed by atoms with Crippen LogP contribution in [0.2, 0.25) is 5.02 Å². The van der Waals surface area contributed by atoms with E-state index in [1.54, 1.807) is 0 Å². The Morgan fingerprint density at radius 2 is 2.24 bits per heavy atom. The van der Waals surface area contributed by atoms with Gasteiger partial charge in [-0.2, -0.15) is 0 Å². The molecule has 2 atom stereocenters. The number of anilines is 3. The second-order valence-corrected chi connectivity index (χ2v) is 6.06. The van der Waals surface area contributed by atoms with Crippen molar-refractivity contribution in [3.63, 3.8) is 0 Å². The Kier molecular flexibility index (Phi) is 4.10. The van der Waals surface area contributed by atoms with Gasteiger partial charge in [-0.05, 0) is 25.5 Å². The van der Waals surface area contributed by atoms with Gasteiger partial charge in [0.15, 0.2) is 5.82 Å². The molecule has 1 aromatic carbocycles. The number of fused-ring (bicyclic) bond motifs is 1. The molecule has 2 unspecified atom stereocenters. The van der Waals surface area contributed by atoms with E-state index in [9.17, 15) is 4.39 Å². The molecule has 0 bridgehead atoms. The van der Waals surface area contributed by atoms with Crippen molar-refractivity contribution in [2.45, 2.75) is 25.0 Å². The number of hydrogen-bond donors (Lipinski definition) is 3. The molecule has 116 valence electrons. The van der Waals surface area contributed by atoms with Crippen LogP contribution in [0.3, 0.4) is 0 Å². The Balaban J connectivity index is 1.64. The van der Waals surface area contributed by atoms with Gasteiger partial charge in [0.05, 0.1) is 29.8 Å². The maximum absolute atomic E-state index is 14.1. The summed E-state index contributed by atoms with van der Waals surface area (Å²) in [5.74, 6) is -0.607. The maximum atomic E-state index is 14.1. The van der Waals surface area contributed by atoms with Crippen LogP contribution in [0.4, 0.5) is 21.5 Å². The molecule has 0 amide bonds. The summed E-state index contributed by atoms with van der Waals surface area (Å²) in [6, 6.07) is 2.01. The molecular weight excluding hydrogens is 295 g/mol. The highest BCUT2D eigenvalue weighted by molar-refractivity contribution is 6.33. The molecule has 2 saturated heterocycles. The highest BCUT2D eigenvalue weighted by Gasteiger charge is 2.32. The van der Waals surface area contributed by atoms with E-state index in [1.165, 1.54) is 18.9 Å². The molecule has 5 nitrogen and oxygen atoms in total. The van der Waals surface area contributed by atoms with Gasteiger partial charge in [-0.3, -0.25) is 4.90 Å². The molecule has 2 fully saturated rings. The van der Waals surface area contributed by atoms with E-state index in [4.69, 9.17) is 27.8 Å². The van der Waals surface area contributed by atoms with E-state index in [0.29, 0.717) is 12.6 Å². The van der Waals surface area contributed by atoms with Crippen LogP contribution in [0.15, 0.2) is 6.07 Å². The molecule has 21 heavy (non-hydrogen) atoms. The molecule has 0 aromatic heterocycles. The Morgan fingerprint density at radius 1 is 1.43 bits per heavy atom. The predicted molar refractivity (Wildman–Crippen MR) is 83.1 cm³/mol. The number of benzene rings is 1. The minimum atomic E-state index is -0.607. The molecule has 0 spiro atoms. The van der Waals surface area contributed by atoms with Crippen LogP contribution < -0.4 is 16.8 Å².